The molecule has 2 heterocycles. The van der Waals surface area contributed by atoms with Crippen molar-refractivity contribution >= 4 is 16.9 Å². The van der Waals surface area contributed by atoms with Gasteiger partial charge in [-0.25, -0.2) is 4.98 Å². The summed E-state index contributed by atoms with van der Waals surface area (Å²) in [5, 5.41) is 7.57. The molecule has 4 rings (SSSR count). The molecule has 28 heavy (non-hydrogen) atoms. The van der Waals surface area contributed by atoms with Crippen molar-refractivity contribution in [2.24, 2.45) is 4.99 Å². The van der Waals surface area contributed by atoms with Crippen LogP contribution in [0.15, 0.2) is 65.7 Å². The summed E-state index contributed by atoms with van der Waals surface area (Å²) < 4.78 is 11.6. The van der Waals surface area contributed by atoms with Gasteiger partial charge in [0.2, 0.25) is 0 Å². The maximum Gasteiger partial charge on any atom is 0.191 e. The Balaban J connectivity index is 1.20. The van der Waals surface area contributed by atoms with Crippen molar-refractivity contribution in [2.75, 3.05) is 26.2 Å². The highest BCUT2D eigenvalue weighted by Crippen LogP contribution is 2.19. The van der Waals surface area contributed by atoms with Crippen LogP contribution >= 0.6 is 0 Å². The molecule has 144 valence electrons. The van der Waals surface area contributed by atoms with Gasteiger partial charge in [0.15, 0.2) is 5.96 Å². The third-order valence-electron chi connectivity index (χ3n) is 4.42. The number of guanidine groups is 1. The van der Waals surface area contributed by atoms with Crippen LogP contribution in [-0.2, 0) is 6.61 Å². The van der Waals surface area contributed by atoms with Crippen LogP contribution in [0.25, 0.3) is 10.9 Å². The van der Waals surface area contributed by atoms with Gasteiger partial charge < -0.3 is 20.1 Å². The minimum atomic E-state index is 0.439. The fourth-order valence-electron chi connectivity index (χ4n) is 2.96. The predicted octanol–water partition coefficient (Wildman–Crippen LogP) is 3.13. The van der Waals surface area contributed by atoms with Crippen molar-refractivity contribution in [2.45, 2.75) is 13.0 Å². The quantitative estimate of drug-likeness (QED) is 0.591. The molecule has 0 saturated carbocycles. The van der Waals surface area contributed by atoms with Gasteiger partial charge in [0.05, 0.1) is 24.4 Å². The van der Waals surface area contributed by atoms with Gasteiger partial charge in [-0.05, 0) is 42.8 Å². The summed E-state index contributed by atoms with van der Waals surface area (Å²) in [6, 6.07) is 19.9. The first-order valence-electron chi connectivity index (χ1n) is 9.59. The molecule has 3 aromatic rings. The minimum Gasteiger partial charge on any atom is -0.494 e. The zero-order valence-electron chi connectivity index (χ0n) is 15.7. The topological polar surface area (TPSA) is 67.8 Å². The Morgan fingerprint density at radius 3 is 2.57 bits per heavy atom. The minimum absolute atomic E-state index is 0.439. The Morgan fingerprint density at radius 1 is 0.929 bits per heavy atom. The lowest BCUT2D eigenvalue weighted by molar-refractivity contribution is 0.296. The Labute approximate surface area is 164 Å². The first-order valence-corrected chi connectivity index (χ1v) is 9.59. The van der Waals surface area contributed by atoms with Crippen LogP contribution in [0.5, 0.6) is 11.5 Å². The molecule has 1 aliphatic rings. The van der Waals surface area contributed by atoms with Gasteiger partial charge in [-0.1, -0.05) is 24.3 Å². The van der Waals surface area contributed by atoms with E-state index in [4.69, 9.17) is 9.47 Å². The van der Waals surface area contributed by atoms with Gasteiger partial charge in [0, 0.05) is 18.5 Å². The second-order valence-electron chi connectivity index (χ2n) is 6.54. The highest BCUT2D eigenvalue weighted by atomic mass is 16.5. The van der Waals surface area contributed by atoms with Crippen molar-refractivity contribution in [3.8, 4) is 11.5 Å². The molecule has 6 nitrogen and oxygen atoms in total. The van der Waals surface area contributed by atoms with E-state index >= 15 is 0 Å². The fraction of sp³-hybridized carbons (Fsp3) is 0.273. The van der Waals surface area contributed by atoms with E-state index in [1.54, 1.807) is 0 Å². The molecule has 0 radical (unpaired) electrons. The van der Waals surface area contributed by atoms with E-state index in [0.717, 1.165) is 60.1 Å². The van der Waals surface area contributed by atoms with E-state index in [1.807, 2.05) is 48.5 Å². The molecule has 2 aromatic carbocycles. The zero-order chi connectivity index (χ0) is 19.0. The van der Waals surface area contributed by atoms with E-state index in [1.165, 1.54) is 0 Å². The average molecular weight is 376 g/mol. The number of hydrogen-bond acceptors (Lipinski definition) is 6. The normalized spacial score (nSPS) is 13.1. The maximum absolute atomic E-state index is 5.85. The van der Waals surface area contributed by atoms with Crippen LogP contribution in [0.2, 0.25) is 0 Å². The summed E-state index contributed by atoms with van der Waals surface area (Å²) in [5.41, 5.74) is 1.89. The number of nitrogens with one attached hydrogen (secondary N) is 2. The van der Waals surface area contributed by atoms with E-state index in [9.17, 15) is 0 Å². The SMILES string of the molecule is c1ccc2nc(COc3ccc(OCCCNC4=NCCN4)cc3)ccc2c1. The molecular weight excluding hydrogens is 352 g/mol. The Hall–Kier alpha value is -3.28. The molecule has 2 N–H and O–H groups in total. The largest absolute Gasteiger partial charge is 0.494 e. The lowest BCUT2D eigenvalue weighted by atomic mass is 10.2. The van der Waals surface area contributed by atoms with Gasteiger partial charge in [-0.2, -0.15) is 0 Å². The standard InChI is InChI=1S/C22H24N4O2/c1-2-5-21-17(4-1)6-7-18(26-21)16-28-20-10-8-19(9-11-20)27-15-3-12-23-22-24-13-14-25-22/h1-2,4-11H,3,12-16H2,(H2,23,24,25). The fourth-order valence-corrected chi connectivity index (χ4v) is 2.96. The third kappa shape index (κ3) is 4.91. The van der Waals surface area contributed by atoms with E-state index in [0.29, 0.717) is 13.2 Å². The first kappa shape index (κ1) is 18.1. The Kier molecular flexibility index (Phi) is 5.87. The number of benzene rings is 2. The van der Waals surface area contributed by atoms with Crippen LogP contribution in [0.3, 0.4) is 0 Å². The predicted molar refractivity (Wildman–Crippen MR) is 111 cm³/mol. The summed E-state index contributed by atoms with van der Waals surface area (Å²) in [6.07, 6.45) is 0.909. The molecule has 0 amide bonds. The number of nitrogens with zero attached hydrogens (tertiary/aromatic N) is 2. The van der Waals surface area contributed by atoms with Gasteiger partial charge in [0.1, 0.15) is 18.1 Å². The molecule has 0 atom stereocenters. The molecule has 6 heteroatoms. The molecular formula is C22H24N4O2. The highest BCUT2D eigenvalue weighted by Gasteiger charge is 2.03. The molecule has 0 unspecified atom stereocenters. The molecule has 1 aliphatic heterocycles. The monoisotopic (exact) mass is 376 g/mol. The van der Waals surface area contributed by atoms with Crippen molar-refractivity contribution in [1.82, 2.24) is 15.6 Å². The van der Waals surface area contributed by atoms with E-state index in [2.05, 4.69) is 32.7 Å². The third-order valence-corrected chi connectivity index (χ3v) is 4.42. The van der Waals surface area contributed by atoms with Gasteiger partial charge in [-0.15, -0.1) is 0 Å². The molecule has 0 saturated heterocycles. The smallest absolute Gasteiger partial charge is 0.191 e. The summed E-state index contributed by atoms with van der Waals surface area (Å²) in [7, 11) is 0. The maximum atomic E-state index is 5.85. The molecule has 0 bridgehead atoms. The number of fused-ring (bicyclic) bond motifs is 1. The number of aliphatic imine (C=N–C) groups is 1. The van der Waals surface area contributed by atoms with Crippen LogP contribution < -0.4 is 20.1 Å². The number of pyridine rings is 1. The first-order chi connectivity index (χ1) is 13.9. The Morgan fingerprint density at radius 2 is 1.75 bits per heavy atom. The van der Waals surface area contributed by atoms with Gasteiger partial charge in [0.25, 0.3) is 0 Å². The lowest BCUT2D eigenvalue weighted by Crippen LogP contribution is -2.34. The van der Waals surface area contributed by atoms with Gasteiger partial charge in [-0.3, -0.25) is 4.99 Å². The number of para-hydroxylation sites is 1. The van der Waals surface area contributed by atoms with E-state index in [-0.39, 0.29) is 0 Å². The number of aromatic nitrogens is 1. The van der Waals surface area contributed by atoms with Crippen LogP contribution in [-0.4, -0.2) is 37.2 Å². The van der Waals surface area contributed by atoms with Crippen molar-refractivity contribution in [3.63, 3.8) is 0 Å². The summed E-state index contributed by atoms with van der Waals surface area (Å²) in [6.45, 7) is 3.70. The van der Waals surface area contributed by atoms with Crippen LogP contribution in [0.4, 0.5) is 0 Å². The summed E-state index contributed by atoms with van der Waals surface area (Å²) in [5.74, 6) is 2.53. The average Bonchev–Trinajstić information content (AvgIpc) is 3.26. The summed E-state index contributed by atoms with van der Waals surface area (Å²) in [4.78, 5) is 8.92. The number of rotatable bonds is 8. The van der Waals surface area contributed by atoms with Gasteiger partial charge >= 0.3 is 0 Å². The molecule has 0 spiro atoms. The number of ether oxygens (including phenoxy) is 2. The van der Waals surface area contributed by atoms with Crippen molar-refractivity contribution in [3.05, 3.63) is 66.4 Å². The van der Waals surface area contributed by atoms with Crippen LogP contribution in [0, 0.1) is 0 Å². The van der Waals surface area contributed by atoms with Crippen LogP contribution in [0.1, 0.15) is 12.1 Å². The highest BCUT2D eigenvalue weighted by molar-refractivity contribution is 5.81. The molecule has 0 fully saturated rings. The van der Waals surface area contributed by atoms with Crippen molar-refractivity contribution in [1.29, 1.82) is 0 Å². The second kappa shape index (κ2) is 9.08. The molecule has 1 aromatic heterocycles. The summed E-state index contributed by atoms with van der Waals surface area (Å²) >= 11 is 0. The zero-order valence-corrected chi connectivity index (χ0v) is 15.7. The second-order valence-corrected chi connectivity index (χ2v) is 6.54. The molecule has 0 aliphatic carbocycles. The number of hydrogen-bond donors (Lipinski definition) is 2. The van der Waals surface area contributed by atoms with E-state index < -0.39 is 0 Å². The van der Waals surface area contributed by atoms with Crippen molar-refractivity contribution < 1.29 is 9.47 Å². The lowest BCUT2D eigenvalue weighted by Gasteiger charge is -2.10. The Bertz CT molecular complexity index is 941.